The van der Waals surface area contributed by atoms with Gasteiger partial charge >= 0.3 is 0 Å². The van der Waals surface area contributed by atoms with Crippen LogP contribution in [0.5, 0.6) is 11.5 Å². The highest BCUT2D eigenvalue weighted by atomic mass is 79.9. The first-order chi connectivity index (χ1) is 10.2. The molecule has 0 aliphatic carbocycles. The number of ether oxygens (including phenoxy) is 2. The summed E-state index contributed by atoms with van der Waals surface area (Å²) in [6, 6.07) is 11.4. The van der Waals surface area contributed by atoms with E-state index in [9.17, 15) is 0 Å². The van der Waals surface area contributed by atoms with Crippen molar-refractivity contribution in [3.8, 4) is 11.5 Å². The first-order valence-corrected chi connectivity index (χ1v) is 7.65. The Morgan fingerprint density at radius 3 is 2.90 bits per heavy atom. The number of halogens is 2. The molecule has 0 bridgehead atoms. The number of hydrogen-bond acceptors (Lipinski definition) is 4. The molecule has 3 N–H and O–H groups in total. The Labute approximate surface area is 136 Å². The Hall–Kier alpha value is -1.43. The minimum Gasteiger partial charge on any atom is -0.454 e. The van der Waals surface area contributed by atoms with Crippen molar-refractivity contribution < 1.29 is 9.47 Å². The van der Waals surface area contributed by atoms with Gasteiger partial charge in [-0.1, -0.05) is 17.7 Å². The molecule has 1 unspecified atom stereocenters. The molecule has 0 fully saturated rings. The molecule has 2 aromatic rings. The van der Waals surface area contributed by atoms with E-state index >= 15 is 0 Å². The van der Waals surface area contributed by atoms with E-state index in [1.165, 1.54) is 0 Å². The van der Waals surface area contributed by atoms with E-state index in [-0.39, 0.29) is 12.8 Å². The Morgan fingerprint density at radius 1 is 1.29 bits per heavy atom. The number of hydrogen-bond donors (Lipinski definition) is 2. The van der Waals surface area contributed by atoms with Crippen LogP contribution >= 0.6 is 27.5 Å². The second kappa shape index (κ2) is 6.13. The largest absolute Gasteiger partial charge is 0.454 e. The van der Waals surface area contributed by atoms with Crippen LogP contribution in [0.25, 0.3) is 0 Å². The van der Waals surface area contributed by atoms with Gasteiger partial charge < -0.3 is 20.5 Å². The quantitative estimate of drug-likeness (QED) is 0.857. The first-order valence-electron chi connectivity index (χ1n) is 6.48. The van der Waals surface area contributed by atoms with Crippen LogP contribution < -0.4 is 20.5 Å². The molecule has 1 aliphatic heterocycles. The van der Waals surface area contributed by atoms with Crippen LogP contribution in [-0.2, 0) is 0 Å². The second-order valence-electron chi connectivity index (χ2n) is 4.68. The zero-order valence-corrected chi connectivity index (χ0v) is 13.4. The molecule has 0 saturated carbocycles. The van der Waals surface area contributed by atoms with Gasteiger partial charge in [0, 0.05) is 17.3 Å². The lowest BCUT2D eigenvalue weighted by molar-refractivity contribution is 0.173. The van der Waals surface area contributed by atoms with E-state index in [0.717, 1.165) is 27.2 Å². The normalized spacial score (nSPS) is 14.0. The van der Waals surface area contributed by atoms with Crippen molar-refractivity contribution in [2.24, 2.45) is 5.73 Å². The summed E-state index contributed by atoms with van der Waals surface area (Å²) >= 11 is 9.50. The standard InChI is InChI=1S/C15H14BrClN2O2/c16-12-4-9(5-14-15(12)21-8-20-14)13(7-18)19-11-3-1-2-10(17)6-11/h1-6,13,19H,7-8,18H2. The van der Waals surface area contributed by atoms with Crippen molar-refractivity contribution in [1.29, 1.82) is 0 Å². The number of fused-ring (bicyclic) bond motifs is 1. The highest BCUT2D eigenvalue weighted by molar-refractivity contribution is 9.10. The molecule has 21 heavy (non-hydrogen) atoms. The second-order valence-corrected chi connectivity index (χ2v) is 5.97. The van der Waals surface area contributed by atoms with Gasteiger partial charge in [0.25, 0.3) is 0 Å². The van der Waals surface area contributed by atoms with Gasteiger partial charge in [-0.3, -0.25) is 0 Å². The average Bonchev–Trinajstić information content (AvgIpc) is 2.93. The molecule has 4 nitrogen and oxygen atoms in total. The third-order valence-electron chi connectivity index (χ3n) is 3.25. The monoisotopic (exact) mass is 368 g/mol. The zero-order chi connectivity index (χ0) is 14.8. The summed E-state index contributed by atoms with van der Waals surface area (Å²) in [7, 11) is 0. The Morgan fingerprint density at radius 2 is 2.14 bits per heavy atom. The lowest BCUT2D eigenvalue weighted by Gasteiger charge is -2.19. The van der Waals surface area contributed by atoms with Crippen LogP contribution in [0.2, 0.25) is 5.02 Å². The Kier molecular flexibility index (Phi) is 4.24. The molecule has 0 spiro atoms. The van der Waals surface area contributed by atoms with Crippen molar-refractivity contribution in [1.82, 2.24) is 0 Å². The van der Waals surface area contributed by atoms with Crippen LogP contribution in [0.4, 0.5) is 5.69 Å². The predicted octanol–water partition coefficient (Wildman–Crippen LogP) is 3.94. The highest BCUT2D eigenvalue weighted by Gasteiger charge is 2.21. The minimum absolute atomic E-state index is 0.0470. The summed E-state index contributed by atoms with van der Waals surface area (Å²) < 4.78 is 11.7. The molecule has 1 heterocycles. The van der Waals surface area contributed by atoms with Crippen molar-refractivity contribution in [3.63, 3.8) is 0 Å². The SMILES string of the molecule is NCC(Nc1cccc(Cl)c1)c1cc(Br)c2c(c1)OCO2. The summed E-state index contributed by atoms with van der Waals surface area (Å²) in [6.45, 7) is 0.686. The summed E-state index contributed by atoms with van der Waals surface area (Å²) in [5.74, 6) is 1.46. The molecular weight excluding hydrogens is 356 g/mol. The zero-order valence-electron chi connectivity index (χ0n) is 11.1. The lowest BCUT2D eigenvalue weighted by Crippen LogP contribution is -2.20. The van der Waals surface area contributed by atoms with Gasteiger partial charge in [0.15, 0.2) is 11.5 Å². The van der Waals surface area contributed by atoms with Crippen LogP contribution in [0.15, 0.2) is 40.9 Å². The molecule has 2 aromatic carbocycles. The summed E-state index contributed by atoms with van der Waals surface area (Å²) in [5, 5.41) is 4.06. The van der Waals surface area contributed by atoms with Gasteiger partial charge in [-0.2, -0.15) is 0 Å². The molecular formula is C15H14BrClN2O2. The molecule has 0 saturated heterocycles. The summed E-state index contributed by atoms with van der Waals surface area (Å²) in [4.78, 5) is 0. The molecule has 6 heteroatoms. The van der Waals surface area contributed by atoms with Crippen LogP contribution in [0.3, 0.4) is 0 Å². The van der Waals surface area contributed by atoms with Gasteiger partial charge in [0.2, 0.25) is 6.79 Å². The van der Waals surface area contributed by atoms with Crippen molar-refractivity contribution in [2.75, 3.05) is 18.7 Å². The van der Waals surface area contributed by atoms with E-state index in [1.54, 1.807) is 0 Å². The fraction of sp³-hybridized carbons (Fsp3) is 0.200. The third kappa shape index (κ3) is 3.10. The number of benzene rings is 2. The van der Waals surface area contributed by atoms with Crippen LogP contribution in [0.1, 0.15) is 11.6 Å². The minimum atomic E-state index is -0.0470. The van der Waals surface area contributed by atoms with Crippen molar-refractivity contribution in [2.45, 2.75) is 6.04 Å². The topological polar surface area (TPSA) is 56.5 Å². The molecule has 1 aliphatic rings. The number of nitrogens with two attached hydrogens (primary N) is 1. The predicted molar refractivity (Wildman–Crippen MR) is 87.1 cm³/mol. The van der Waals surface area contributed by atoms with Crippen molar-refractivity contribution in [3.05, 3.63) is 51.5 Å². The fourth-order valence-electron chi connectivity index (χ4n) is 2.25. The summed E-state index contributed by atoms with van der Waals surface area (Å²) in [5.41, 5.74) is 7.85. The van der Waals surface area contributed by atoms with E-state index in [0.29, 0.717) is 11.6 Å². The smallest absolute Gasteiger partial charge is 0.231 e. The highest BCUT2D eigenvalue weighted by Crippen LogP contribution is 2.41. The van der Waals surface area contributed by atoms with Gasteiger partial charge in [-0.05, 0) is 51.8 Å². The Bertz CT molecular complexity index is 666. The maximum atomic E-state index is 6.00. The lowest BCUT2D eigenvalue weighted by atomic mass is 10.1. The molecule has 0 amide bonds. The van der Waals surface area contributed by atoms with Crippen LogP contribution in [-0.4, -0.2) is 13.3 Å². The van der Waals surface area contributed by atoms with Gasteiger partial charge in [0.05, 0.1) is 10.5 Å². The number of anilines is 1. The van der Waals surface area contributed by atoms with E-state index in [4.69, 9.17) is 26.8 Å². The van der Waals surface area contributed by atoms with E-state index in [1.807, 2.05) is 36.4 Å². The van der Waals surface area contributed by atoms with Crippen LogP contribution in [0, 0.1) is 0 Å². The van der Waals surface area contributed by atoms with E-state index < -0.39 is 0 Å². The Balaban J connectivity index is 1.88. The fourth-order valence-corrected chi connectivity index (χ4v) is 3.01. The molecule has 3 rings (SSSR count). The molecule has 110 valence electrons. The van der Waals surface area contributed by atoms with Gasteiger partial charge in [-0.25, -0.2) is 0 Å². The summed E-state index contributed by atoms with van der Waals surface area (Å²) in [6.07, 6.45) is 0. The maximum Gasteiger partial charge on any atom is 0.231 e. The van der Waals surface area contributed by atoms with Gasteiger partial charge in [-0.15, -0.1) is 0 Å². The number of nitrogens with one attached hydrogen (secondary N) is 1. The van der Waals surface area contributed by atoms with Gasteiger partial charge in [0.1, 0.15) is 0 Å². The molecule has 1 atom stereocenters. The average molecular weight is 370 g/mol. The van der Waals surface area contributed by atoms with E-state index in [2.05, 4.69) is 21.2 Å². The first kappa shape index (κ1) is 14.5. The molecule has 0 aromatic heterocycles. The van der Waals surface area contributed by atoms with Crippen molar-refractivity contribution >= 4 is 33.2 Å². The maximum absolute atomic E-state index is 6.00. The third-order valence-corrected chi connectivity index (χ3v) is 4.08. The number of rotatable bonds is 4. The molecule has 0 radical (unpaired) electrons.